The van der Waals surface area contributed by atoms with Crippen LogP contribution in [-0.2, 0) is 0 Å². The predicted molar refractivity (Wildman–Crippen MR) is 94.9 cm³/mol. The number of ketones is 1. The molecular weight excluding hydrogens is 334 g/mol. The summed E-state index contributed by atoms with van der Waals surface area (Å²) in [4.78, 5) is 12.6. The van der Waals surface area contributed by atoms with Crippen LogP contribution in [0.2, 0.25) is 0 Å². The van der Waals surface area contributed by atoms with Crippen LogP contribution in [0.3, 0.4) is 0 Å². The van der Waals surface area contributed by atoms with Crippen LogP contribution in [0.15, 0.2) is 42.0 Å². The minimum Gasteiger partial charge on any atom is -0.497 e. The van der Waals surface area contributed by atoms with Crippen LogP contribution in [-0.4, -0.2) is 33.2 Å². The third-order valence-corrected chi connectivity index (χ3v) is 3.88. The first-order valence-electron chi connectivity index (χ1n) is 7.94. The van der Waals surface area contributed by atoms with E-state index in [1.807, 2.05) is 6.07 Å². The summed E-state index contributed by atoms with van der Waals surface area (Å²) >= 11 is 0. The molecule has 0 amide bonds. The number of methoxy groups -OCH3 is 2. The highest BCUT2D eigenvalue weighted by molar-refractivity contribution is 6.14. The zero-order valence-corrected chi connectivity index (χ0v) is 14.4. The fourth-order valence-electron chi connectivity index (χ4n) is 2.59. The van der Waals surface area contributed by atoms with Gasteiger partial charge in [0.15, 0.2) is 11.5 Å². The van der Waals surface area contributed by atoms with Gasteiger partial charge in [0.25, 0.3) is 0 Å². The second kappa shape index (κ2) is 7.62. The van der Waals surface area contributed by atoms with Crippen LogP contribution in [0.4, 0.5) is 0 Å². The molecule has 6 heteroatoms. The standard InChI is InChI=1S/C20H17NO5/c1-23-16-5-3-14(4-6-16)19(22)15(12-21)9-13-10-17(24-2)20-18(11-13)25-7-8-26-20/h3-6,9-11H,7-8H2,1-2H3/b15-9+. The van der Waals surface area contributed by atoms with Gasteiger partial charge in [-0.15, -0.1) is 0 Å². The number of Topliss-reactive ketones (excluding diaryl/α,β-unsaturated/α-hetero) is 1. The van der Waals surface area contributed by atoms with E-state index in [0.29, 0.717) is 47.3 Å². The highest BCUT2D eigenvalue weighted by Crippen LogP contribution is 2.40. The topological polar surface area (TPSA) is 77.8 Å². The Hall–Kier alpha value is -3.46. The first kappa shape index (κ1) is 17.4. The number of carbonyl (C=O) groups is 1. The lowest BCUT2D eigenvalue weighted by Crippen LogP contribution is -2.16. The normalized spacial score (nSPS) is 12.9. The Morgan fingerprint density at radius 3 is 2.50 bits per heavy atom. The fourth-order valence-corrected chi connectivity index (χ4v) is 2.59. The molecule has 0 bridgehead atoms. The highest BCUT2D eigenvalue weighted by atomic mass is 16.6. The number of hydrogen-bond donors (Lipinski definition) is 0. The molecule has 0 N–H and O–H groups in total. The molecule has 0 unspecified atom stereocenters. The second-order valence-electron chi connectivity index (χ2n) is 5.47. The van der Waals surface area contributed by atoms with E-state index in [2.05, 4.69) is 0 Å². The van der Waals surface area contributed by atoms with Crippen molar-refractivity contribution in [2.75, 3.05) is 27.4 Å². The Labute approximate surface area is 151 Å². The van der Waals surface area contributed by atoms with E-state index in [1.54, 1.807) is 43.5 Å². The van der Waals surface area contributed by atoms with Crippen molar-refractivity contribution in [1.82, 2.24) is 0 Å². The maximum atomic E-state index is 12.6. The lowest BCUT2D eigenvalue weighted by atomic mass is 10.0. The summed E-state index contributed by atoms with van der Waals surface area (Å²) in [5.74, 6) is 1.80. The molecular formula is C20H17NO5. The van der Waals surface area contributed by atoms with Gasteiger partial charge in [-0.1, -0.05) is 0 Å². The lowest BCUT2D eigenvalue weighted by molar-refractivity contribution is 0.104. The molecule has 0 saturated heterocycles. The van der Waals surface area contributed by atoms with E-state index in [9.17, 15) is 10.1 Å². The van der Waals surface area contributed by atoms with Crippen molar-refractivity contribution in [1.29, 1.82) is 5.26 Å². The fraction of sp³-hybridized carbons (Fsp3) is 0.200. The monoisotopic (exact) mass is 351 g/mol. The SMILES string of the molecule is COc1ccc(C(=O)/C(C#N)=C/c2cc(OC)c3c(c2)OCCO3)cc1. The summed E-state index contributed by atoms with van der Waals surface area (Å²) < 4.78 is 21.5. The van der Waals surface area contributed by atoms with E-state index in [-0.39, 0.29) is 11.4 Å². The van der Waals surface area contributed by atoms with Gasteiger partial charge in [0.05, 0.1) is 14.2 Å². The smallest absolute Gasteiger partial charge is 0.203 e. The third-order valence-electron chi connectivity index (χ3n) is 3.88. The Morgan fingerprint density at radius 1 is 1.12 bits per heavy atom. The molecule has 0 saturated carbocycles. The van der Waals surface area contributed by atoms with Crippen molar-refractivity contribution in [2.24, 2.45) is 0 Å². The number of ether oxygens (including phenoxy) is 4. The lowest BCUT2D eigenvalue weighted by Gasteiger charge is -2.21. The van der Waals surface area contributed by atoms with Crippen molar-refractivity contribution in [3.05, 3.63) is 53.1 Å². The summed E-state index contributed by atoms with van der Waals surface area (Å²) in [6.45, 7) is 0.872. The van der Waals surface area contributed by atoms with Crippen molar-refractivity contribution >= 4 is 11.9 Å². The summed E-state index contributed by atoms with van der Waals surface area (Å²) in [7, 11) is 3.07. The second-order valence-corrected chi connectivity index (χ2v) is 5.47. The molecule has 2 aromatic rings. The van der Waals surface area contributed by atoms with Gasteiger partial charge in [0, 0.05) is 5.56 Å². The molecule has 26 heavy (non-hydrogen) atoms. The molecule has 6 nitrogen and oxygen atoms in total. The van der Waals surface area contributed by atoms with E-state index in [0.717, 1.165) is 0 Å². The molecule has 1 aliphatic heterocycles. The number of carbonyl (C=O) groups excluding carboxylic acids is 1. The third kappa shape index (κ3) is 3.47. The van der Waals surface area contributed by atoms with E-state index >= 15 is 0 Å². The van der Waals surface area contributed by atoms with Crippen LogP contribution < -0.4 is 18.9 Å². The predicted octanol–water partition coefficient (Wildman–Crippen LogP) is 3.26. The minimum atomic E-state index is -0.371. The van der Waals surface area contributed by atoms with Crippen LogP contribution in [0.25, 0.3) is 6.08 Å². The average Bonchev–Trinajstić information content (AvgIpc) is 2.70. The number of nitriles is 1. The maximum Gasteiger partial charge on any atom is 0.203 e. The van der Waals surface area contributed by atoms with Gasteiger partial charge >= 0.3 is 0 Å². The van der Waals surface area contributed by atoms with Crippen molar-refractivity contribution in [2.45, 2.75) is 0 Å². The van der Waals surface area contributed by atoms with Crippen LogP contribution in [0.5, 0.6) is 23.0 Å². The number of nitrogens with zero attached hydrogens (tertiary/aromatic N) is 1. The van der Waals surface area contributed by atoms with Gasteiger partial charge < -0.3 is 18.9 Å². The maximum absolute atomic E-state index is 12.6. The van der Waals surface area contributed by atoms with Crippen LogP contribution in [0.1, 0.15) is 15.9 Å². The Bertz CT molecular complexity index is 876. The Kier molecular flexibility index (Phi) is 5.09. The number of fused-ring (bicyclic) bond motifs is 1. The first-order valence-corrected chi connectivity index (χ1v) is 7.94. The average molecular weight is 351 g/mol. The van der Waals surface area contributed by atoms with E-state index in [4.69, 9.17) is 18.9 Å². The van der Waals surface area contributed by atoms with Crippen molar-refractivity contribution < 1.29 is 23.7 Å². The molecule has 0 radical (unpaired) electrons. The number of hydrogen-bond acceptors (Lipinski definition) is 6. The van der Waals surface area contributed by atoms with Gasteiger partial charge in [0.2, 0.25) is 11.5 Å². The number of benzene rings is 2. The zero-order valence-electron chi connectivity index (χ0n) is 14.4. The molecule has 132 valence electrons. The van der Waals surface area contributed by atoms with E-state index < -0.39 is 0 Å². The van der Waals surface area contributed by atoms with Crippen molar-refractivity contribution in [3.63, 3.8) is 0 Å². The number of rotatable bonds is 5. The molecule has 0 aromatic heterocycles. The molecule has 0 fully saturated rings. The van der Waals surface area contributed by atoms with Gasteiger partial charge in [-0.05, 0) is 48.0 Å². The van der Waals surface area contributed by atoms with Crippen LogP contribution in [0, 0.1) is 11.3 Å². The minimum absolute atomic E-state index is 0.00824. The molecule has 3 rings (SSSR count). The zero-order chi connectivity index (χ0) is 18.5. The largest absolute Gasteiger partial charge is 0.497 e. The quantitative estimate of drug-likeness (QED) is 0.467. The summed E-state index contributed by atoms with van der Waals surface area (Å²) in [6, 6.07) is 12.0. The Morgan fingerprint density at radius 2 is 1.85 bits per heavy atom. The molecule has 1 heterocycles. The van der Waals surface area contributed by atoms with Crippen LogP contribution >= 0.6 is 0 Å². The van der Waals surface area contributed by atoms with Gasteiger partial charge in [-0.2, -0.15) is 5.26 Å². The molecule has 0 atom stereocenters. The highest BCUT2D eigenvalue weighted by Gasteiger charge is 2.19. The van der Waals surface area contributed by atoms with Gasteiger partial charge in [-0.3, -0.25) is 4.79 Å². The van der Waals surface area contributed by atoms with Crippen molar-refractivity contribution in [3.8, 4) is 29.1 Å². The van der Waals surface area contributed by atoms with Gasteiger partial charge in [0.1, 0.15) is 30.6 Å². The summed E-state index contributed by atoms with van der Waals surface area (Å²) in [5, 5.41) is 9.43. The summed E-state index contributed by atoms with van der Waals surface area (Å²) in [5.41, 5.74) is 1.03. The molecule has 0 spiro atoms. The molecule has 2 aromatic carbocycles. The Balaban J connectivity index is 1.95. The molecule has 1 aliphatic rings. The van der Waals surface area contributed by atoms with E-state index in [1.165, 1.54) is 13.2 Å². The molecule has 0 aliphatic carbocycles. The van der Waals surface area contributed by atoms with Gasteiger partial charge in [-0.25, -0.2) is 0 Å². The summed E-state index contributed by atoms with van der Waals surface area (Å²) in [6.07, 6.45) is 1.51. The first-order chi connectivity index (χ1) is 12.7. The number of allylic oxidation sites excluding steroid dienone is 1.